The van der Waals surface area contributed by atoms with Crippen LogP contribution in [0.3, 0.4) is 0 Å². The van der Waals surface area contributed by atoms with Crippen molar-refractivity contribution in [3.05, 3.63) is 29.8 Å². The summed E-state index contributed by atoms with van der Waals surface area (Å²) in [5.41, 5.74) is 1.22. The quantitative estimate of drug-likeness (QED) is 0.0822. The second kappa shape index (κ2) is 37.3. The van der Waals surface area contributed by atoms with Crippen LogP contribution < -0.4 is 4.74 Å². The molecule has 12 nitrogen and oxygen atoms in total. The second-order valence-electron chi connectivity index (χ2n) is 8.71. The minimum absolute atomic E-state index is 0.517. The summed E-state index contributed by atoms with van der Waals surface area (Å²) in [6.45, 7) is 11.4. The van der Waals surface area contributed by atoms with Crippen LogP contribution in [0.5, 0.6) is 5.75 Å². The summed E-state index contributed by atoms with van der Waals surface area (Å²) in [6.07, 6.45) is 8.87. The van der Waals surface area contributed by atoms with Gasteiger partial charge in [-0.3, -0.25) is 0 Å². The van der Waals surface area contributed by atoms with Gasteiger partial charge in [-0.05, 0) is 24.1 Å². The van der Waals surface area contributed by atoms with Gasteiger partial charge < -0.3 is 56.8 Å². The Bertz CT molecular complexity index is 690. The highest BCUT2D eigenvalue weighted by molar-refractivity contribution is 5.27. The monoisotopic (exact) mass is 632 g/mol. The zero-order valence-corrected chi connectivity index (χ0v) is 26.9. The molecule has 0 amide bonds. The topological polar surface area (TPSA) is 111 Å². The van der Waals surface area contributed by atoms with E-state index in [1.807, 2.05) is 24.3 Å². The van der Waals surface area contributed by atoms with Gasteiger partial charge >= 0.3 is 0 Å². The molecule has 0 heterocycles. The maximum atomic E-state index is 5.60. The molecule has 1 aromatic rings. The first-order chi connectivity index (χ1) is 21.9. The standard InChI is InChI=1S/C30H54O12.C2H2/c1-31-9-10-34-13-14-36-17-18-38-21-22-40-25-26-42-28-27-41-24-23-39-20-19-37-16-15-35-12-11-33-8-7-29-3-5-30(32-2)6-4-29;1-2/h3-6H,7-28H2,1-2H3;1-2H. The molecule has 0 spiro atoms. The molecular weight excluding hydrogens is 576 g/mol. The molecular formula is C32H56O12. The highest BCUT2D eigenvalue weighted by Gasteiger charge is 1.97. The highest BCUT2D eigenvalue weighted by atomic mass is 16.6. The van der Waals surface area contributed by atoms with Gasteiger partial charge in [0.2, 0.25) is 0 Å². The predicted molar refractivity (Wildman–Crippen MR) is 167 cm³/mol. The number of terminal acetylenes is 1. The van der Waals surface area contributed by atoms with Gasteiger partial charge in [-0.2, -0.15) is 0 Å². The van der Waals surface area contributed by atoms with Crippen LogP contribution in [-0.2, 0) is 58.5 Å². The number of benzene rings is 1. The van der Waals surface area contributed by atoms with Crippen molar-refractivity contribution in [3.8, 4) is 18.6 Å². The number of hydrogen-bond acceptors (Lipinski definition) is 12. The van der Waals surface area contributed by atoms with E-state index in [0.29, 0.717) is 139 Å². The van der Waals surface area contributed by atoms with E-state index >= 15 is 0 Å². The molecule has 0 fully saturated rings. The molecule has 1 aromatic carbocycles. The SMILES string of the molecule is C#C.COCCOCCOCCOCCOCCOCCOCCOCCOCCOCCOCCc1ccc(OC)cc1. The summed E-state index contributed by atoms with van der Waals surface area (Å²) in [4.78, 5) is 0. The fourth-order valence-electron chi connectivity index (χ4n) is 3.21. The van der Waals surface area contributed by atoms with Gasteiger partial charge in [0.15, 0.2) is 0 Å². The molecule has 0 radical (unpaired) electrons. The Balaban J connectivity index is 0.00000904. The average Bonchev–Trinajstić information content (AvgIpc) is 3.06. The molecule has 256 valence electrons. The smallest absolute Gasteiger partial charge is 0.118 e. The summed E-state index contributed by atoms with van der Waals surface area (Å²) >= 11 is 0. The summed E-state index contributed by atoms with van der Waals surface area (Å²) in [7, 11) is 3.31. The van der Waals surface area contributed by atoms with E-state index < -0.39 is 0 Å². The molecule has 0 bridgehead atoms. The van der Waals surface area contributed by atoms with E-state index in [2.05, 4.69) is 12.8 Å². The first-order valence-corrected chi connectivity index (χ1v) is 15.1. The number of rotatable bonds is 34. The fraction of sp³-hybridized carbons (Fsp3) is 0.750. The molecule has 44 heavy (non-hydrogen) atoms. The minimum Gasteiger partial charge on any atom is -0.497 e. The van der Waals surface area contributed by atoms with E-state index in [9.17, 15) is 0 Å². The van der Waals surface area contributed by atoms with Crippen LogP contribution in [0, 0.1) is 12.8 Å². The summed E-state index contributed by atoms with van der Waals surface area (Å²) in [5, 5.41) is 0. The number of hydrogen-bond donors (Lipinski definition) is 0. The number of methoxy groups -OCH3 is 2. The molecule has 0 aliphatic heterocycles. The molecule has 0 unspecified atom stereocenters. The van der Waals surface area contributed by atoms with Crippen molar-refractivity contribution in [2.45, 2.75) is 6.42 Å². The van der Waals surface area contributed by atoms with Gasteiger partial charge in [-0.15, -0.1) is 12.8 Å². The van der Waals surface area contributed by atoms with Gasteiger partial charge in [-0.1, -0.05) is 12.1 Å². The fourth-order valence-corrected chi connectivity index (χ4v) is 3.21. The van der Waals surface area contributed by atoms with Crippen LogP contribution >= 0.6 is 0 Å². The average molecular weight is 633 g/mol. The Labute approximate surface area is 264 Å². The highest BCUT2D eigenvalue weighted by Crippen LogP contribution is 2.11. The maximum absolute atomic E-state index is 5.60. The zero-order chi connectivity index (χ0) is 32.0. The Kier molecular flexibility index (Phi) is 35.7. The molecule has 0 aliphatic carbocycles. The van der Waals surface area contributed by atoms with Crippen LogP contribution in [0.2, 0.25) is 0 Å². The molecule has 0 N–H and O–H groups in total. The molecule has 1 rings (SSSR count). The molecule has 0 saturated heterocycles. The van der Waals surface area contributed by atoms with Crippen molar-refractivity contribution in [3.63, 3.8) is 0 Å². The molecule has 0 aliphatic rings. The molecule has 0 aromatic heterocycles. The Morgan fingerprint density at radius 1 is 0.364 bits per heavy atom. The first kappa shape index (κ1) is 42.1. The second-order valence-corrected chi connectivity index (χ2v) is 8.71. The molecule has 0 saturated carbocycles. The Morgan fingerprint density at radius 3 is 0.864 bits per heavy atom. The first-order valence-electron chi connectivity index (χ1n) is 15.1. The van der Waals surface area contributed by atoms with E-state index in [0.717, 1.165) is 12.2 Å². The van der Waals surface area contributed by atoms with Crippen LogP contribution in [0.1, 0.15) is 5.56 Å². The lowest BCUT2D eigenvalue weighted by atomic mass is 10.1. The van der Waals surface area contributed by atoms with Gasteiger partial charge in [-0.25, -0.2) is 0 Å². The van der Waals surface area contributed by atoms with E-state index in [1.165, 1.54) is 5.56 Å². The van der Waals surface area contributed by atoms with Crippen LogP contribution in [0.4, 0.5) is 0 Å². The Morgan fingerprint density at radius 2 is 0.614 bits per heavy atom. The van der Waals surface area contributed by atoms with Crippen molar-refractivity contribution in [1.29, 1.82) is 0 Å². The van der Waals surface area contributed by atoms with Gasteiger partial charge in [0.1, 0.15) is 5.75 Å². The lowest BCUT2D eigenvalue weighted by molar-refractivity contribution is -0.0270. The van der Waals surface area contributed by atoms with E-state index in [-0.39, 0.29) is 0 Å². The summed E-state index contributed by atoms with van der Waals surface area (Å²) < 4.78 is 64.7. The normalized spacial score (nSPS) is 10.9. The van der Waals surface area contributed by atoms with E-state index in [4.69, 9.17) is 56.8 Å². The Hall–Kier alpha value is -1.86. The zero-order valence-electron chi connectivity index (χ0n) is 26.9. The van der Waals surface area contributed by atoms with Crippen molar-refractivity contribution >= 4 is 0 Å². The predicted octanol–water partition coefficient (Wildman–Crippen LogP) is 2.30. The van der Waals surface area contributed by atoms with Crippen molar-refractivity contribution < 1.29 is 56.8 Å². The third kappa shape index (κ3) is 31.6. The van der Waals surface area contributed by atoms with Crippen molar-refractivity contribution in [1.82, 2.24) is 0 Å². The van der Waals surface area contributed by atoms with Crippen molar-refractivity contribution in [2.24, 2.45) is 0 Å². The third-order valence-corrected chi connectivity index (χ3v) is 5.47. The molecule has 0 atom stereocenters. The summed E-state index contributed by atoms with van der Waals surface area (Å²) in [5.74, 6) is 0.862. The largest absolute Gasteiger partial charge is 0.497 e. The van der Waals surface area contributed by atoms with Crippen LogP contribution in [0.15, 0.2) is 24.3 Å². The van der Waals surface area contributed by atoms with Gasteiger partial charge in [0.05, 0.1) is 146 Å². The maximum Gasteiger partial charge on any atom is 0.118 e. The third-order valence-electron chi connectivity index (χ3n) is 5.47. The van der Waals surface area contributed by atoms with Gasteiger partial charge in [0, 0.05) is 7.11 Å². The van der Waals surface area contributed by atoms with E-state index in [1.54, 1.807) is 14.2 Å². The van der Waals surface area contributed by atoms with Gasteiger partial charge in [0.25, 0.3) is 0 Å². The number of ether oxygens (including phenoxy) is 12. The van der Waals surface area contributed by atoms with Crippen LogP contribution in [-0.4, -0.2) is 153 Å². The lowest BCUT2D eigenvalue weighted by Gasteiger charge is -2.09. The molecule has 12 heteroatoms. The van der Waals surface area contributed by atoms with Crippen LogP contribution in [0.25, 0.3) is 0 Å². The lowest BCUT2D eigenvalue weighted by Crippen LogP contribution is -2.15. The minimum atomic E-state index is 0.517. The van der Waals surface area contributed by atoms with Crippen molar-refractivity contribution in [2.75, 3.05) is 153 Å². The summed E-state index contributed by atoms with van der Waals surface area (Å²) in [6, 6.07) is 8.01.